The van der Waals surface area contributed by atoms with Crippen LogP contribution in [0.3, 0.4) is 0 Å². The quantitative estimate of drug-likeness (QED) is 0.420. The van der Waals surface area contributed by atoms with E-state index in [1.807, 2.05) is 6.92 Å². The Kier molecular flexibility index (Phi) is 5.62. The summed E-state index contributed by atoms with van der Waals surface area (Å²) in [5, 5.41) is 0.806. The first-order chi connectivity index (χ1) is 15.0. The molecule has 0 aliphatic rings. The van der Waals surface area contributed by atoms with E-state index in [-0.39, 0.29) is 15.4 Å². The van der Waals surface area contributed by atoms with Crippen LogP contribution in [0, 0.1) is 6.92 Å². The van der Waals surface area contributed by atoms with Gasteiger partial charge in [-0.25, -0.2) is 30.1 Å². The van der Waals surface area contributed by atoms with Crippen molar-refractivity contribution in [3.8, 4) is 11.1 Å². The molecular weight excluding hydrogens is 470 g/mol. The fraction of sp³-hybridized carbons (Fsp3) is 0.136. The number of rotatable bonds is 5. The highest BCUT2D eigenvalue weighted by Gasteiger charge is 2.24. The number of benzene rings is 2. The molecule has 2 aromatic carbocycles. The van der Waals surface area contributed by atoms with Crippen LogP contribution in [0.25, 0.3) is 22.2 Å². The zero-order chi connectivity index (χ0) is 23.3. The van der Waals surface area contributed by atoms with Crippen molar-refractivity contribution in [2.24, 2.45) is 0 Å². The summed E-state index contributed by atoms with van der Waals surface area (Å²) < 4.78 is 53.7. The van der Waals surface area contributed by atoms with E-state index in [1.165, 1.54) is 38.6 Å². The maximum Gasteiger partial charge on any atom is 0.269 e. The molecule has 7 nitrogen and oxygen atoms in total. The lowest BCUT2D eigenvalue weighted by Gasteiger charge is -2.11. The van der Waals surface area contributed by atoms with Gasteiger partial charge >= 0.3 is 0 Å². The predicted octanol–water partition coefficient (Wildman–Crippen LogP) is 4.15. The Labute approximate surface area is 192 Å². The summed E-state index contributed by atoms with van der Waals surface area (Å²) in [5.41, 5.74) is 2.28. The van der Waals surface area contributed by atoms with Crippen molar-refractivity contribution in [2.45, 2.75) is 16.7 Å². The lowest BCUT2D eigenvalue weighted by molar-refractivity contribution is 0.521. The Morgan fingerprint density at radius 3 is 2.06 bits per heavy atom. The third-order valence-electron chi connectivity index (χ3n) is 5.13. The highest BCUT2D eigenvalue weighted by molar-refractivity contribution is 7.90. The van der Waals surface area contributed by atoms with Crippen molar-refractivity contribution in [1.29, 1.82) is 0 Å². The Balaban J connectivity index is 1.92. The van der Waals surface area contributed by atoms with Gasteiger partial charge in [0.15, 0.2) is 5.65 Å². The molecule has 0 amide bonds. The summed E-state index contributed by atoms with van der Waals surface area (Å²) in [4.78, 5) is 4.53. The molecule has 4 rings (SSSR count). The largest absolute Gasteiger partial charge is 0.269 e. The van der Waals surface area contributed by atoms with Gasteiger partial charge in [-0.2, -0.15) is 0 Å². The van der Waals surface area contributed by atoms with Gasteiger partial charge in [-0.3, -0.25) is 0 Å². The maximum atomic E-state index is 13.4. The van der Waals surface area contributed by atoms with Crippen molar-refractivity contribution in [1.82, 2.24) is 13.3 Å². The van der Waals surface area contributed by atoms with Gasteiger partial charge in [-0.1, -0.05) is 41.4 Å². The lowest BCUT2D eigenvalue weighted by Crippen LogP contribution is -2.22. The topological polar surface area (TPSA) is 89.3 Å². The van der Waals surface area contributed by atoms with Crippen LogP contribution in [0.4, 0.5) is 0 Å². The van der Waals surface area contributed by atoms with Crippen LogP contribution in [0.15, 0.2) is 76.8 Å². The molecule has 0 bridgehead atoms. The van der Waals surface area contributed by atoms with Crippen LogP contribution in [-0.2, 0) is 20.0 Å². The number of fused-ring (bicyclic) bond motifs is 1. The Morgan fingerprint density at radius 1 is 0.875 bits per heavy atom. The number of nitrogens with zero attached hydrogens (tertiary/aromatic N) is 3. The fourth-order valence-corrected chi connectivity index (χ4v) is 5.79. The van der Waals surface area contributed by atoms with Crippen molar-refractivity contribution in [3.63, 3.8) is 0 Å². The van der Waals surface area contributed by atoms with E-state index in [0.717, 1.165) is 13.8 Å². The van der Waals surface area contributed by atoms with Crippen LogP contribution < -0.4 is 0 Å². The summed E-state index contributed by atoms with van der Waals surface area (Å²) in [6.07, 6.45) is 2.91. The second kappa shape index (κ2) is 8.00. The smallest absolute Gasteiger partial charge is 0.237 e. The van der Waals surface area contributed by atoms with Crippen LogP contribution in [-0.4, -0.2) is 44.2 Å². The number of hydrogen-bond donors (Lipinski definition) is 0. The normalized spacial score (nSPS) is 12.5. The number of pyridine rings is 1. The average molecular weight is 490 g/mol. The molecule has 0 fully saturated rings. The molecule has 0 radical (unpaired) electrons. The number of aromatic nitrogens is 2. The molecular formula is C22H20ClN3O4S2. The third kappa shape index (κ3) is 3.71. The SMILES string of the molecule is Cc1ccc(S(=O)(=O)n2cc(-c3ccc(S(=O)(=O)N(C)C)cc3)c3c(Cl)ccnc32)cc1. The summed E-state index contributed by atoms with van der Waals surface area (Å²) in [5.74, 6) is 0. The van der Waals surface area contributed by atoms with Gasteiger partial charge in [0.1, 0.15) is 0 Å². The summed E-state index contributed by atoms with van der Waals surface area (Å²) in [6, 6.07) is 14.3. The van der Waals surface area contributed by atoms with E-state index in [9.17, 15) is 16.8 Å². The van der Waals surface area contributed by atoms with E-state index in [2.05, 4.69) is 4.98 Å². The highest BCUT2D eigenvalue weighted by Crippen LogP contribution is 2.36. The van der Waals surface area contributed by atoms with Gasteiger partial charge < -0.3 is 0 Å². The fourth-order valence-electron chi connectivity index (χ4n) is 3.33. The van der Waals surface area contributed by atoms with Gasteiger partial charge in [-0.05, 0) is 42.8 Å². The summed E-state index contributed by atoms with van der Waals surface area (Å²) in [7, 11) is -4.61. The Hall–Kier alpha value is -2.72. The second-order valence-electron chi connectivity index (χ2n) is 7.46. The van der Waals surface area contributed by atoms with Crippen LogP contribution in [0.5, 0.6) is 0 Å². The number of aryl methyl sites for hydroxylation is 1. The minimum Gasteiger partial charge on any atom is -0.237 e. The van der Waals surface area contributed by atoms with Gasteiger partial charge in [0.2, 0.25) is 10.0 Å². The standard InChI is InChI=1S/C22H20ClN3O4S2/c1-15-4-8-18(9-5-15)32(29,30)26-14-19(21-20(23)12-13-24-22(21)26)16-6-10-17(11-7-16)31(27,28)25(2)3/h4-14H,1-3H3. The molecule has 10 heteroatoms. The van der Waals surface area contributed by atoms with E-state index in [0.29, 0.717) is 21.5 Å². The maximum absolute atomic E-state index is 13.4. The zero-order valence-corrected chi connectivity index (χ0v) is 19.9. The second-order valence-corrected chi connectivity index (χ2v) is 11.8. The first-order valence-electron chi connectivity index (χ1n) is 9.54. The molecule has 2 heterocycles. The number of halogens is 1. The molecule has 0 aliphatic heterocycles. The van der Waals surface area contributed by atoms with Crippen LogP contribution in [0.1, 0.15) is 5.56 Å². The van der Waals surface area contributed by atoms with E-state index >= 15 is 0 Å². The average Bonchev–Trinajstić information content (AvgIpc) is 3.16. The van der Waals surface area contributed by atoms with Gasteiger partial charge in [0, 0.05) is 37.4 Å². The van der Waals surface area contributed by atoms with E-state index in [4.69, 9.17) is 11.6 Å². The first-order valence-corrected chi connectivity index (χ1v) is 12.8. The monoisotopic (exact) mass is 489 g/mol. The van der Waals surface area contributed by atoms with Gasteiger partial charge in [-0.15, -0.1) is 0 Å². The van der Waals surface area contributed by atoms with Crippen LogP contribution >= 0.6 is 11.6 Å². The predicted molar refractivity (Wildman–Crippen MR) is 125 cm³/mol. The van der Waals surface area contributed by atoms with E-state index in [1.54, 1.807) is 42.5 Å². The molecule has 0 unspecified atom stereocenters. The first kappa shape index (κ1) is 22.5. The van der Waals surface area contributed by atoms with Crippen molar-refractivity contribution >= 4 is 42.7 Å². The molecule has 0 saturated carbocycles. The number of sulfonamides is 1. The molecule has 0 saturated heterocycles. The highest BCUT2D eigenvalue weighted by atomic mass is 35.5. The van der Waals surface area contributed by atoms with E-state index < -0.39 is 20.0 Å². The van der Waals surface area contributed by atoms with Crippen molar-refractivity contribution < 1.29 is 16.8 Å². The summed E-state index contributed by atoms with van der Waals surface area (Å²) >= 11 is 6.44. The molecule has 0 atom stereocenters. The number of hydrogen-bond acceptors (Lipinski definition) is 5. The van der Waals surface area contributed by atoms with Gasteiger partial charge in [0.05, 0.1) is 14.8 Å². The molecule has 0 N–H and O–H groups in total. The Bertz CT molecular complexity index is 1520. The van der Waals surface area contributed by atoms with Crippen molar-refractivity contribution in [2.75, 3.05) is 14.1 Å². The van der Waals surface area contributed by atoms with Crippen molar-refractivity contribution in [3.05, 3.63) is 77.6 Å². The molecule has 4 aromatic rings. The molecule has 0 aliphatic carbocycles. The molecule has 2 aromatic heterocycles. The Morgan fingerprint density at radius 2 is 1.47 bits per heavy atom. The minimum absolute atomic E-state index is 0.126. The van der Waals surface area contributed by atoms with Crippen LogP contribution in [0.2, 0.25) is 5.02 Å². The third-order valence-corrected chi connectivity index (χ3v) is 8.93. The van der Waals surface area contributed by atoms with Gasteiger partial charge in [0.25, 0.3) is 10.0 Å². The molecule has 32 heavy (non-hydrogen) atoms. The lowest BCUT2D eigenvalue weighted by atomic mass is 10.1. The zero-order valence-electron chi connectivity index (χ0n) is 17.5. The summed E-state index contributed by atoms with van der Waals surface area (Å²) in [6.45, 7) is 1.88. The molecule has 0 spiro atoms. The molecule has 166 valence electrons. The minimum atomic E-state index is -3.94.